The van der Waals surface area contributed by atoms with Gasteiger partial charge in [0.05, 0.1) is 38.6 Å². The predicted molar refractivity (Wildman–Crippen MR) is 159 cm³/mol. The van der Waals surface area contributed by atoms with E-state index in [1.807, 2.05) is 36.4 Å². The second kappa shape index (κ2) is 11.3. The van der Waals surface area contributed by atoms with Crippen molar-refractivity contribution in [1.29, 1.82) is 0 Å². The first kappa shape index (κ1) is 28.5. The average Bonchev–Trinajstić information content (AvgIpc) is 3.70. The monoisotopic (exact) mass is 572 g/mol. The largest absolute Gasteiger partial charge is 0.370 e. The molecule has 8 rings (SSSR count). The quantitative estimate of drug-likeness (QED) is 0.342. The van der Waals surface area contributed by atoms with E-state index in [1.54, 1.807) is 0 Å². The second-order valence-corrected chi connectivity index (χ2v) is 13.0. The smallest absolute Gasteiger partial charge is 0.169 e. The summed E-state index contributed by atoms with van der Waals surface area (Å²) in [7, 11) is 0. The normalized spacial score (nSPS) is 38.0. The van der Waals surface area contributed by atoms with Gasteiger partial charge in [-0.15, -0.1) is 0 Å². The molecule has 0 unspecified atom stereocenters. The zero-order chi connectivity index (χ0) is 28.7. The van der Waals surface area contributed by atoms with E-state index in [-0.39, 0.29) is 23.4 Å². The minimum absolute atomic E-state index is 0.157. The van der Waals surface area contributed by atoms with E-state index >= 15 is 0 Å². The molecule has 4 saturated heterocycles. The summed E-state index contributed by atoms with van der Waals surface area (Å²) < 4.78 is 37.2. The Bertz CT molecular complexity index is 1210. The summed E-state index contributed by atoms with van der Waals surface area (Å²) in [5, 5.41) is 0. The van der Waals surface area contributed by atoms with Crippen LogP contribution in [-0.4, -0.2) is 48.2 Å². The molecule has 6 atom stereocenters. The van der Waals surface area contributed by atoms with Crippen molar-refractivity contribution in [3.63, 3.8) is 0 Å². The molecule has 4 heterocycles. The van der Waals surface area contributed by atoms with Gasteiger partial charge in [0.1, 0.15) is 11.2 Å². The van der Waals surface area contributed by atoms with Crippen molar-refractivity contribution in [2.75, 3.05) is 13.2 Å². The molecular weight excluding hydrogens is 528 g/mol. The summed E-state index contributed by atoms with van der Waals surface area (Å²) in [6, 6.07) is 20.5. The molecule has 0 saturated carbocycles. The summed E-state index contributed by atoms with van der Waals surface area (Å²) in [6.45, 7) is 6.74. The van der Waals surface area contributed by atoms with Gasteiger partial charge < -0.3 is 28.4 Å². The number of allylic oxidation sites excluding steroid dienone is 2. The van der Waals surface area contributed by atoms with Crippen LogP contribution >= 0.6 is 0 Å². The van der Waals surface area contributed by atoms with E-state index < -0.39 is 11.6 Å². The van der Waals surface area contributed by atoms with E-state index in [2.05, 4.69) is 50.3 Å². The number of hydrogen-bond acceptors (Lipinski definition) is 6. The molecule has 0 bridgehead atoms. The molecule has 2 spiro atoms. The van der Waals surface area contributed by atoms with Crippen LogP contribution in [0.4, 0.5) is 0 Å². The molecule has 4 aliphatic heterocycles. The standard InChI is InChI=1S/2C18H22O3/c2*1-17(20-12-14-7-3-2-4-8-14)11-16-18(21-17)10-6-5-9-15(18)13-19-16/h2*2-4,7-9,16H,5-6,10-13H2,1H3/t16-,17+,18-;16-,17-,18-/m00/s1. The van der Waals surface area contributed by atoms with E-state index in [1.165, 1.54) is 35.1 Å². The fourth-order valence-electron chi connectivity index (χ4n) is 7.83. The summed E-state index contributed by atoms with van der Waals surface area (Å²) in [4.78, 5) is 0. The van der Waals surface area contributed by atoms with Crippen molar-refractivity contribution in [2.24, 2.45) is 0 Å². The van der Waals surface area contributed by atoms with Crippen molar-refractivity contribution >= 4 is 0 Å². The molecule has 224 valence electrons. The molecule has 2 aromatic carbocycles. The van der Waals surface area contributed by atoms with Crippen LogP contribution in [0.2, 0.25) is 0 Å². The number of benzene rings is 2. The molecule has 4 fully saturated rings. The molecule has 6 nitrogen and oxygen atoms in total. The van der Waals surface area contributed by atoms with Crippen LogP contribution in [0.15, 0.2) is 84.0 Å². The van der Waals surface area contributed by atoms with Gasteiger partial charge in [0.2, 0.25) is 0 Å². The molecule has 2 aliphatic carbocycles. The molecule has 42 heavy (non-hydrogen) atoms. The van der Waals surface area contributed by atoms with E-state index in [0.717, 1.165) is 51.7 Å². The molecule has 0 amide bonds. The lowest BCUT2D eigenvalue weighted by molar-refractivity contribution is -0.241. The van der Waals surface area contributed by atoms with Crippen molar-refractivity contribution in [3.05, 3.63) is 95.1 Å². The van der Waals surface area contributed by atoms with Gasteiger partial charge in [-0.05, 0) is 74.6 Å². The molecule has 0 N–H and O–H groups in total. The minimum Gasteiger partial charge on any atom is -0.370 e. The Labute approximate surface area is 250 Å². The Balaban J connectivity index is 0.000000137. The maximum atomic E-state index is 6.47. The van der Waals surface area contributed by atoms with Gasteiger partial charge in [-0.3, -0.25) is 0 Å². The third-order valence-corrected chi connectivity index (χ3v) is 9.98. The van der Waals surface area contributed by atoms with E-state index in [9.17, 15) is 0 Å². The zero-order valence-electron chi connectivity index (χ0n) is 25.0. The first-order valence-electron chi connectivity index (χ1n) is 15.8. The second-order valence-electron chi connectivity index (χ2n) is 13.0. The molecule has 0 aromatic heterocycles. The van der Waals surface area contributed by atoms with Gasteiger partial charge in [0.15, 0.2) is 11.6 Å². The highest BCUT2D eigenvalue weighted by atomic mass is 16.7. The third kappa shape index (κ3) is 5.31. The summed E-state index contributed by atoms with van der Waals surface area (Å²) in [6.07, 6.45) is 13.4. The van der Waals surface area contributed by atoms with Crippen molar-refractivity contribution < 1.29 is 28.4 Å². The van der Waals surface area contributed by atoms with Gasteiger partial charge in [-0.1, -0.05) is 72.8 Å². The lowest BCUT2D eigenvalue weighted by Crippen LogP contribution is -2.40. The first-order valence-corrected chi connectivity index (χ1v) is 15.8. The topological polar surface area (TPSA) is 55.4 Å². The molecular formula is C36H44O6. The van der Waals surface area contributed by atoms with Gasteiger partial charge in [0.25, 0.3) is 0 Å². The Kier molecular flexibility index (Phi) is 7.66. The maximum Gasteiger partial charge on any atom is 0.169 e. The van der Waals surface area contributed by atoms with Crippen LogP contribution in [0, 0.1) is 0 Å². The van der Waals surface area contributed by atoms with Crippen molar-refractivity contribution in [1.82, 2.24) is 0 Å². The van der Waals surface area contributed by atoms with Gasteiger partial charge >= 0.3 is 0 Å². The lowest BCUT2D eigenvalue weighted by Gasteiger charge is -2.34. The van der Waals surface area contributed by atoms with Gasteiger partial charge in [-0.25, -0.2) is 0 Å². The third-order valence-electron chi connectivity index (χ3n) is 9.98. The van der Waals surface area contributed by atoms with Crippen LogP contribution < -0.4 is 0 Å². The number of rotatable bonds is 6. The zero-order valence-corrected chi connectivity index (χ0v) is 25.0. The fourth-order valence-corrected chi connectivity index (χ4v) is 7.83. The van der Waals surface area contributed by atoms with Crippen LogP contribution in [-0.2, 0) is 41.6 Å². The Morgan fingerprint density at radius 2 is 1.07 bits per heavy atom. The van der Waals surface area contributed by atoms with Crippen molar-refractivity contribution in [2.45, 2.75) is 113 Å². The molecule has 0 radical (unpaired) electrons. The highest BCUT2D eigenvalue weighted by Crippen LogP contribution is 2.54. The highest BCUT2D eigenvalue weighted by Gasteiger charge is 2.61. The molecule has 6 heteroatoms. The molecule has 2 aromatic rings. The maximum absolute atomic E-state index is 6.47. The number of hydrogen-bond donors (Lipinski definition) is 0. The summed E-state index contributed by atoms with van der Waals surface area (Å²) in [5.41, 5.74) is 4.62. The van der Waals surface area contributed by atoms with Crippen molar-refractivity contribution in [3.8, 4) is 0 Å². The minimum atomic E-state index is -0.544. The van der Waals surface area contributed by atoms with Gasteiger partial charge in [0, 0.05) is 12.8 Å². The van der Waals surface area contributed by atoms with Crippen LogP contribution in [0.25, 0.3) is 0 Å². The highest BCUT2D eigenvalue weighted by molar-refractivity contribution is 5.31. The van der Waals surface area contributed by atoms with Crippen LogP contribution in [0.3, 0.4) is 0 Å². The van der Waals surface area contributed by atoms with E-state index in [4.69, 9.17) is 28.4 Å². The molecule has 6 aliphatic rings. The fraction of sp³-hybridized carbons (Fsp3) is 0.556. The Hall–Kier alpha value is -2.32. The Morgan fingerprint density at radius 3 is 1.50 bits per heavy atom. The lowest BCUT2D eigenvalue weighted by atomic mass is 9.81. The summed E-state index contributed by atoms with van der Waals surface area (Å²) >= 11 is 0. The Morgan fingerprint density at radius 1 is 0.643 bits per heavy atom. The predicted octanol–water partition coefficient (Wildman–Crippen LogP) is 7.18. The van der Waals surface area contributed by atoms with Crippen LogP contribution in [0.1, 0.15) is 76.3 Å². The van der Waals surface area contributed by atoms with Crippen LogP contribution in [0.5, 0.6) is 0 Å². The first-order chi connectivity index (χ1) is 20.4. The summed E-state index contributed by atoms with van der Waals surface area (Å²) in [5.74, 6) is -1.09. The average molecular weight is 573 g/mol. The van der Waals surface area contributed by atoms with E-state index in [0.29, 0.717) is 13.2 Å². The SMILES string of the molecule is C[C@@]1(OCc2ccccc2)C[C@@H]2OCC3=CCCC[C@]32O1.C[C@]1(OCc2ccccc2)C[C@@H]2OCC3=CCCC[C@]32O1. The number of ether oxygens (including phenoxy) is 6. The van der Waals surface area contributed by atoms with Gasteiger partial charge in [-0.2, -0.15) is 0 Å².